The van der Waals surface area contributed by atoms with Crippen LogP contribution in [-0.4, -0.2) is 222 Å². The van der Waals surface area contributed by atoms with E-state index in [0.717, 1.165) is 119 Å². The highest BCUT2D eigenvalue weighted by Crippen LogP contribution is 2.43. The Morgan fingerprint density at radius 3 is 1.52 bits per heavy atom. The van der Waals surface area contributed by atoms with Gasteiger partial charge in [-0.25, -0.2) is 28.4 Å². The summed E-state index contributed by atoms with van der Waals surface area (Å²) in [6, 6.07) is 39.3. The summed E-state index contributed by atoms with van der Waals surface area (Å²) in [5.41, 5.74) is 14.7. The number of nitrogens with two attached hydrogens (primary N) is 1. The lowest BCUT2D eigenvalue weighted by atomic mass is 10.0. The number of hydrogen-bond donors (Lipinski definition) is 6. The van der Waals surface area contributed by atoms with Crippen LogP contribution in [0.2, 0.25) is 15.1 Å². The molecule has 3 aromatic heterocycles. The molecule has 0 unspecified atom stereocenters. The third-order valence-corrected chi connectivity index (χ3v) is 28.9. The van der Waals surface area contributed by atoms with E-state index in [2.05, 4.69) is 125 Å². The molecule has 0 atom stereocenters. The Hall–Kier alpha value is -8.09. The van der Waals surface area contributed by atoms with Crippen molar-refractivity contribution >= 4 is 157 Å². The number of sulfone groups is 1. The predicted octanol–water partition coefficient (Wildman–Crippen LogP) is 15.3. The average molecular weight is 1690 g/mol. The van der Waals surface area contributed by atoms with Gasteiger partial charge in [0.25, 0.3) is 0 Å². The number of methoxy groups -OCH3 is 2. The van der Waals surface area contributed by atoms with Gasteiger partial charge in [0, 0.05) is 148 Å². The van der Waals surface area contributed by atoms with Gasteiger partial charge in [0.2, 0.25) is 11.9 Å². The molecular weight excluding hydrogens is 1580 g/mol. The second kappa shape index (κ2) is 37.9. The van der Waals surface area contributed by atoms with Crippen molar-refractivity contribution in [3.8, 4) is 11.5 Å². The molecule has 7 N–H and O–H groups in total. The molecule has 4 aliphatic heterocycles. The lowest BCUT2D eigenvalue weighted by Crippen LogP contribution is -2.52. The second-order valence-electron chi connectivity index (χ2n) is 30.9. The molecule has 13 rings (SSSR count). The van der Waals surface area contributed by atoms with Crippen molar-refractivity contribution in [1.29, 1.82) is 0 Å². The Balaban J connectivity index is 0.000000170. The summed E-state index contributed by atoms with van der Waals surface area (Å²) in [4.78, 5) is 42.1. The average Bonchev–Trinajstić information content (AvgIpc) is 0.802. The fourth-order valence-electron chi connectivity index (χ4n) is 14.4. The molecule has 7 heterocycles. The van der Waals surface area contributed by atoms with Gasteiger partial charge in [-0.1, -0.05) is 71.2 Å². The molecule has 114 heavy (non-hydrogen) atoms. The number of para-hydroxylation sites is 2. The van der Waals surface area contributed by atoms with Gasteiger partial charge in [-0.15, -0.1) is 0 Å². The maximum absolute atomic E-state index is 12.9. The van der Waals surface area contributed by atoms with Crippen LogP contribution in [0.25, 0.3) is 0 Å². The molecule has 9 aromatic rings. The van der Waals surface area contributed by atoms with E-state index < -0.39 is 36.5 Å². The second-order valence-corrected chi connectivity index (χ2v) is 44.2. The molecule has 0 amide bonds. The number of anilines is 13. The van der Waals surface area contributed by atoms with Crippen LogP contribution in [-0.2, 0) is 30.0 Å². The van der Waals surface area contributed by atoms with E-state index in [1.54, 1.807) is 98.5 Å². The number of halogens is 3. The quantitative estimate of drug-likeness (QED) is 0.0324. The van der Waals surface area contributed by atoms with Gasteiger partial charge in [-0.3, -0.25) is 9.80 Å². The number of nitrogens with zero attached hydrogens (tertiary/aromatic N) is 12. The van der Waals surface area contributed by atoms with Crippen LogP contribution in [0, 0.1) is 13.8 Å². The van der Waals surface area contributed by atoms with Crippen LogP contribution in [0.5, 0.6) is 11.5 Å². The third kappa shape index (κ3) is 22.3. The Labute approximate surface area is 687 Å². The molecule has 610 valence electrons. The van der Waals surface area contributed by atoms with E-state index in [1.807, 2.05) is 80.6 Å². The van der Waals surface area contributed by atoms with Gasteiger partial charge in [-0.2, -0.15) is 9.97 Å². The van der Waals surface area contributed by atoms with Gasteiger partial charge >= 0.3 is 0 Å². The van der Waals surface area contributed by atoms with Crippen molar-refractivity contribution in [2.24, 2.45) is 0 Å². The number of nitrogen functional groups attached to an aromatic ring is 1. The van der Waals surface area contributed by atoms with Crippen LogP contribution < -0.4 is 67.5 Å². The largest absolute Gasteiger partial charge is 0.496 e. The molecule has 4 saturated heterocycles. The fraction of sp³-hybridized carbons (Fsp3) is 0.415. The van der Waals surface area contributed by atoms with Gasteiger partial charge < -0.3 is 75.1 Å². The molecular formula is C82H108Cl3N18O7P3S. The minimum Gasteiger partial charge on any atom is -0.496 e. The lowest BCUT2D eigenvalue weighted by molar-refractivity contribution is 0.0982. The summed E-state index contributed by atoms with van der Waals surface area (Å²) >= 11 is 19.3. The molecule has 0 aliphatic carbocycles. The Morgan fingerprint density at radius 2 is 0.991 bits per heavy atom. The number of piperazine rings is 2. The van der Waals surface area contributed by atoms with Gasteiger partial charge in [-0.05, 0) is 191 Å². The predicted molar refractivity (Wildman–Crippen MR) is 474 cm³/mol. The van der Waals surface area contributed by atoms with Crippen molar-refractivity contribution in [3.05, 3.63) is 171 Å². The first-order valence-corrected chi connectivity index (χ1v) is 48.8. The first-order chi connectivity index (χ1) is 54.1. The highest BCUT2D eigenvalue weighted by atomic mass is 35.5. The molecule has 25 nitrogen and oxygen atoms in total. The monoisotopic (exact) mass is 1690 g/mol. The van der Waals surface area contributed by atoms with E-state index in [1.165, 1.54) is 63.7 Å². The van der Waals surface area contributed by atoms with Crippen LogP contribution >= 0.6 is 56.2 Å². The van der Waals surface area contributed by atoms with Crippen molar-refractivity contribution in [2.45, 2.75) is 82.0 Å². The molecule has 6 aromatic carbocycles. The van der Waals surface area contributed by atoms with E-state index in [4.69, 9.17) is 55.0 Å². The van der Waals surface area contributed by atoms with E-state index in [0.29, 0.717) is 58.3 Å². The van der Waals surface area contributed by atoms with Crippen molar-refractivity contribution < 1.29 is 31.6 Å². The normalized spacial score (nSPS) is 16.0. The highest BCUT2D eigenvalue weighted by molar-refractivity contribution is 7.92. The Bertz CT molecular complexity index is 5140. The minimum absolute atomic E-state index is 0.175. The summed E-state index contributed by atoms with van der Waals surface area (Å²) in [5, 5.41) is 18.5. The summed E-state index contributed by atoms with van der Waals surface area (Å²) < 4.78 is 75.1. The highest BCUT2D eigenvalue weighted by Gasteiger charge is 2.31. The summed E-state index contributed by atoms with van der Waals surface area (Å²) in [6.45, 7) is 31.1. The molecule has 0 radical (unpaired) electrons. The van der Waals surface area contributed by atoms with Crippen molar-refractivity contribution in [1.82, 2.24) is 49.5 Å². The van der Waals surface area contributed by atoms with Crippen molar-refractivity contribution in [2.75, 3.05) is 189 Å². The number of nitrogens with one attached hydrogen (secondary N) is 5. The van der Waals surface area contributed by atoms with Gasteiger partial charge in [0.05, 0.1) is 59.5 Å². The minimum atomic E-state index is -3.51. The third-order valence-electron chi connectivity index (χ3n) is 21.1. The van der Waals surface area contributed by atoms with Gasteiger partial charge in [0.15, 0.2) is 27.3 Å². The number of aromatic nitrogens is 6. The smallest absolute Gasteiger partial charge is 0.229 e. The van der Waals surface area contributed by atoms with Crippen LogP contribution in [0.4, 0.5) is 75.0 Å². The molecule has 0 saturated carbocycles. The fourth-order valence-corrected chi connectivity index (χ4v) is 19.2. The van der Waals surface area contributed by atoms with Crippen LogP contribution in [0.1, 0.15) is 62.0 Å². The topological polar surface area (TPSA) is 287 Å². The zero-order valence-electron chi connectivity index (χ0n) is 67.6. The molecule has 0 bridgehead atoms. The number of aryl methyl sites for hydroxylation is 2. The number of piperidine rings is 2. The maximum Gasteiger partial charge on any atom is 0.229 e. The zero-order valence-corrected chi connectivity index (χ0v) is 73.4. The first kappa shape index (κ1) is 86.8. The van der Waals surface area contributed by atoms with Crippen molar-refractivity contribution in [3.63, 3.8) is 0 Å². The number of ether oxygens (including phenoxy) is 2. The summed E-state index contributed by atoms with van der Waals surface area (Å²) in [5.74, 6) is 3.96. The van der Waals surface area contributed by atoms with Crippen LogP contribution in [0.3, 0.4) is 0 Å². The number of hydrogen-bond acceptors (Lipinski definition) is 25. The SMILES string of the molecule is COc1cc(N2CCC(N3CCN(C)CC3)CC2)ccc1Cc1nc(N)c(Cl)c(Nc2ccccc2P(C)(C)=O)n1.COc1cc(N2CCC(N3CCN(C)CC3)CC2)ccc1Nc1ncc(Cl)c(Nc2cc(C)ccc2P(C)(C)=O)n1.Cc1cc(P(C)(C)=O)ccc1Nc1ncc(Cl)c(Nc2ccccc2S(=O)(=O)C(C)C)n1. The maximum atomic E-state index is 12.9. The lowest BCUT2D eigenvalue weighted by Gasteiger charge is -2.42. The van der Waals surface area contributed by atoms with E-state index >= 15 is 0 Å². The molecule has 0 spiro atoms. The number of likely N-dealkylation sites (N-methyl/N-ethyl adjacent to an activating group) is 2. The molecule has 4 fully saturated rings. The summed E-state index contributed by atoms with van der Waals surface area (Å²) in [6.07, 6.45) is 8.12. The van der Waals surface area contributed by atoms with Gasteiger partial charge in [0.1, 0.15) is 59.6 Å². The van der Waals surface area contributed by atoms with E-state index in [-0.39, 0.29) is 32.5 Å². The van der Waals surface area contributed by atoms with Crippen LogP contribution in [0.15, 0.2) is 139 Å². The van der Waals surface area contributed by atoms with E-state index in [9.17, 15) is 22.1 Å². The number of rotatable bonds is 23. The Kier molecular flexibility index (Phi) is 28.8. The standard InChI is InChI=1S/2C30H41ClN7O2P.C22H26ClN4O3PS/c1-21-6-9-28(41(4,5)39)26(18-21)33-29-24(31)20-32-30(35-29)34-25-8-7-23(19-27(25)40-3)37-12-10-22(11-13-37)38-16-14-36(2)15-17-38;1-36-15-17-38(18-16-36)22-11-13-37(14-12-22)23-10-9-21(25(20-23)40-2)19-27-34-29(32)28(31)30(35-27)33-24-7-5-6-8-26(24)41(3,4)39;1-14(2)32(29,30)20-9-7-6-8-19(20)25-21-17(23)13-24-22(27-21)26-18-11-10-16(12-15(18)3)31(4,5)28/h6-9,18-20,22H,10-17H2,1-5H3,(H2,32,33,34,35);5-10,20,22H,11-19H2,1-4H3,(H3,32,33,34,35);6-14H,1-5H3,(H2,24,25,26,27). The Morgan fingerprint density at radius 1 is 0.509 bits per heavy atom. The summed E-state index contributed by atoms with van der Waals surface area (Å²) in [7, 11) is -3.15. The number of benzene rings is 6. The first-order valence-electron chi connectivity index (χ1n) is 38.3. The zero-order chi connectivity index (χ0) is 82.0. The molecule has 4 aliphatic rings. The molecule has 32 heteroatoms.